The van der Waals surface area contributed by atoms with Gasteiger partial charge in [-0.2, -0.15) is 0 Å². The summed E-state index contributed by atoms with van der Waals surface area (Å²) in [6.07, 6.45) is 6.35. The molecule has 5 fully saturated rings. The highest BCUT2D eigenvalue weighted by Gasteiger charge is 2.79. The minimum atomic E-state index is -2.04. The van der Waals surface area contributed by atoms with Crippen LogP contribution < -0.4 is 10.6 Å². The smallest absolute Gasteiger partial charge is 0.193 e. The largest absolute Gasteiger partial charge is 0.390 e. The molecule has 0 amide bonds. The SMILES string of the molecule is CC(C)Nc1ccc(C2(Nc3ccc([C@@H]4O[C@@H]5C[C@H]6[C@@H]7CCC8=CC(=O)C=C[C@]8(C)[C@@]7(F)[C@@H](O)C[C@]6(C)[C@]5(C(=O)CO)O4)cn3)CC2)cc1. The molecule has 5 aliphatic carbocycles. The van der Waals surface area contributed by atoms with Gasteiger partial charge in [-0.3, -0.25) is 9.59 Å². The second-order valence-electron chi connectivity index (χ2n) is 16.0. The van der Waals surface area contributed by atoms with Crippen LogP contribution in [-0.2, 0) is 24.6 Å². The standard InChI is InChI=1S/C39H46FN3O6/c1-22(2)42-26-9-6-24(7-10-26)37(15-16-37)43-33-12-5-23(20-41-33)34-48-32-18-29-28-11-8-25-17-27(45)13-14-35(25,3)38(28,40)30(46)19-36(29,4)39(32,49-34)31(47)21-44/h5-7,9-10,12-14,17,20,22,28-30,32,34,42,44,46H,8,11,15-16,18-19,21H2,1-4H3,(H,41,43)/t28-,29-,30-,32+,34+,35-,36-,38-,39+/m0/s1. The van der Waals surface area contributed by atoms with Crippen molar-refractivity contribution in [2.75, 3.05) is 17.2 Å². The van der Waals surface area contributed by atoms with Crippen LogP contribution in [0.2, 0.25) is 0 Å². The van der Waals surface area contributed by atoms with Gasteiger partial charge in [-0.05, 0) is 107 Å². The fourth-order valence-corrected chi connectivity index (χ4v) is 10.4. The summed E-state index contributed by atoms with van der Waals surface area (Å²) in [4.78, 5) is 30.7. The van der Waals surface area contributed by atoms with Crippen molar-refractivity contribution in [1.29, 1.82) is 0 Å². The molecule has 2 aromatic rings. The Morgan fingerprint density at radius 2 is 1.88 bits per heavy atom. The number of nitrogens with zero attached hydrogens (tertiary/aromatic N) is 1. The molecule has 4 saturated carbocycles. The molecular formula is C39H46FN3O6. The lowest BCUT2D eigenvalue weighted by Gasteiger charge is -2.62. The molecule has 9 atom stereocenters. The maximum Gasteiger partial charge on any atom is 0.193 e. The number of allylic oxidation sites excluding steroid dienone is 4. The number of anilines is 2. The van der Waals surface area contributed by atoms with E-state index in [0.717, 1.165) is 18.5 Å². The Labute approximate surface area is 286 Å². The number of ether oxygens (including phenoxy) is 2. The molecular weight excluding hydrogens is 625 g/mol. The van der Waals surface area contributed by atoms with Gasteiger partial charge in [-0.15, -0.1) is 0 Å². The van der Waals surface area contributed by atoms with Crippen molar-refractivity contribution < 1.29 is 33.7 Å². The van der Waals surface area contributed by atoms with Gasteiger partial charge in [0.15, 0.2) is 29.1 Å². The van der Waals surface area contributed by atoms with Gasteiger partial charge in [0.05, 0.1) is 17.7 Å². The number of carbonyl (C=O) groups excluding carboxylic acids is 2. The average Bonchev–Trinajstić information content (AvgIpc) is 3.68. The first kappa shape index (κ1) is 32.7. The Kier molecular flexibility index (Phi) is 7.37. The molecule has 1 aliphatic heterocycles. The number of benzene rings is 1. The van der Waals surface area contributed by atoms with Crippen molar-refractivity contribution in [1.82, 2.24) is 4.98 Å². The van der Waals surface area contributed by atoms with Crippen LogP contribution >= 0.6 is 0 Å². The van der Waals surface area contributed by atoms with Crippen LogP contribution in [0.3, 0.4) is 0 Å². The van der Waals surface area contributed by atoms with Crippen LogP contribution in [0.25, 0.3) is 0 Å². The van der Waals surface area contributed by atoms with Crippen molar-refractivity contribution in [2.24, 2.45) is 22.7 Å². The van der Waals surface area contributed by atoms with E-state index in [1.165, 1.54) is 17.7 Å². The minimum Gasteiger partial charge on any atom is -0.390 e. The topological polar surface area (TPSA) is 130 Å². The second kappa shape index (κ2) is 11.0. The van der Waals surface area contributed by atoms with Gasteiger partial charge in [0.2, 0.25) is 0 Å². The summed E-state index contributed by atoms with van der Waals surface area (Å²) in [7, 11) is 0. The van der Waals surface area contributed by atoms with Crippen LogP contribution in [0, 0.1) is 22.7 Å². The summed E-state index contributed by atoms with van der Waals surface area (Å²) < 4.78 is 30.8. The van der Waals surface area contributed by atoms with E-state index >= 15 is 4.39 Å². The van der Waals surface area contributed by atoms with E-state index in [4.69, 9.17) is 14.5 Å². The minimum absolute atomic E-state index is 0.0503. The summed E-state index contributed by atoms with van der Waals surface area (Å²) in [5.41, 5.74) is -2.32. The van der Waals surface area contributed by atoms with Gasteiger partial charge in [0, 0.05) is 40.2 Å². The van der Waals surface area contributed by atoms with Crippen molar-refractivity contribution in [3.8, 4) is 0 Å². The summed E-state index contributed by atoms with van der Waals surface area (Å²) in [5.74, 6) is -0.947. The number of nitrogens with one attached hydrogen (secondary N) is 2. The van der Waals surface area contributed by atoms with Gasteiger partial charge in [0.25, 0.3) is 0 Å². The number of hydrogen-bond acceptors (Lipinski definition) is 9. The van der Waals surface area contributed by atoms with E-state index in [1.54, 1.807) is 19.2 Å². The summed E-state index contributed by atoms with van der Waals surface area (Å²) in [6.45, 7) is 7.12. The number of halogens is 1. The number of carbonyl (C=O) groups is 2. The van der Waals surface area contributed by atoms with Crippen LogP contribution in [-0.4, -0.2) is 62.9 Å². The molecule has 4 N–H and O–H groups in total. The number of ketones is 2. The van der Waals surface area contributed by atoms with Gasteiger partial charge in [-0.1, -0.05) is 30.7 Å². The first-order valence-corrected chi connectivity index (χ1v) is 17.7. The number of Topliss-reactive ketones (excluding diaryl/α,β-unsaturated/α-hetero) is 1. The third-order valence-corrected chi connectivity index (χ3v) is 13.0. The molecule has 6 aliphatic rings. The molecule has 1 saturated heterocycles. The van der Waals surface area contributed by atoms with E-state index in [-0.39, 0.29) is 23.7 Å². The van der Waals surface area contributed by atoms with Gasteiger partial charge in [0.1, 0.15) is 12.4 Å². The highest BCUT2D eigenvalue weighted by molar-refractivity contribution is 6.01. The van der Waals surface area contributed by atoms with Gasteiger partial charge >= 0.3 is 0 Å². The number of aliphatic hydroxyl groups excluding tert-OH is 2. The van der Waals surface area contributed by atoms with Crippen LogP contribution in [0.1, 0.15) is 83.6 Å². The summed E-state index contributed by atoms with van der Waals surface area (Å²) in [5, 5.41) is 29.1. The number of aliphatic hydroxyl groups is 2. The average molecular weight is 672 g/mol. The Balaban J connectivity index is 1.04. The van der Waals surface area contributed by atoms with E-state index in [2.05, 4.69) is 48.7 Å². The van der Waals surface area contributed by atoms with E-state index < -0.39 is 58.9 Å². The molecule has 49 heavy (non-hydrogen) atoms. The predicted molar refractivity (Wildman–Crippen MR) is 181 cm³/mol. The lowest BCUT2D eigenvalue weighted by molar-refractivity contribution is -0.231. The predicted octanol–water partition coefficient (Wildman–Crippen LogP) is 5.70. The van der Waals surface area contributed by atoms with Gasteiger partial charge < -0.3 is 30.3 Å². The highest BCUT2D eigenvalue weighted by Crippen LogP contribution is 2.72. The number of fused-ring (bicyclic) bond motifs is 7. The summed E-state index contributed by atoms with van der Waals surface area (Å²) >= 11 is 0. The first-order valence-electron chi connectivity index (χ1n) is 17.7. The molecule has 9 nitrogen and oxygen atoms in total. The number of alkyl halides is 1. The fraction of sp³-hybridized carbons (Fsp3) is 0.564. The lowest BCUT2D eigenvalue weighted by atomic mass is 9.44. The molecule has 0 radical (unpaired) electrons. The molecule has 0 bridgehead atoms. The molecule has 0 spiro atoms. The number of pyridine rings is 1. The Morgan fingerprint density at radius 1 is 1.12 bits per heavy atom. The van der Waals surface area contributed by atoms with Crippen molar-refractivity contribution in [3.05, 3.63) is 77.5 Å². The molecule has 0 unspecified atom stereocenters. The van der Waals surface area contributed by atoms with Crippen LogP contribution in [0.5, 0.6) is 0 Å². The maximum absolute atomic E-state index is 17.6. The zero-order valence-electron chi connectivity index (χ0n) is 28.5. The number of rotatable bonds is 8. The molecule has 2 heterocycles. The fourth-order valence-electron chi connectivity index (χ4n) is 10.4. The molecule has 1 aromatic carbocycles. The van der Waals surface area contributed by atoms with Crippen molar-refractivity contribution >= 4 is 23.1 Å². The van der Waals surface area contributed by atoms with Gasteiger partial charge in [-0.25, -0.2) is 9.37 Å². The normalized spacial score (nSPS) is 39.8. The molecule has 10 heteroatoms. The maximum atomic E-state index is 17.6. The molecule has 8 rings (SSSR count). The Bertz CT molecular complexity index is 1740. The quantitative estimate of drug-likeness (QED) is 0.279. The molecule has 1 aromatic heterocycles. The van der Waals surface area contributed by atoms with E-state index in [1.807, 2.05) is 19.1 Å². The van der Waals surface area contributed by atoms with Crippen molar-refractivity contribution in [2.45, 2.75) is 108 Å². The lowest BCUT2D eigenvalue weighted by Crippen LogP contribution is -2.69. The Hall–Kier alpha value is -3.44. The Morgan fingerprint density at radius 3 is 2.53 bits per heavy atom. The van der Waals surface area contributed by atoms with E-state index in [9.17, 15) is 19.8 Å². The zero-order chi connectivity index (χ0) is 34.6. The van der Waals surface area contributed by atoms with Crippen LogP contribution in [0.4, 0.5) is 15.9 Å². The third-order valence-electron chi connectivity index (χ3n) is 13.0. The number of aromatic nitrogens is 1. The van der Waals surface area contributed by atoms with Crippen molar-refractivity contribution in [3.63, 3.8) is 0 Å². The highest BCUT2D eigenvalue weighted by atomic mass is 19.1. The molecule has 260 valence electrons. The number of hydrogen-bond donors (Lipinski definition) is 4. The second-order valence-corrected chi connectivity index (χ2v) is 16.0. The third kappa shape index (κ3) is 4.52. The summed E-state index contributed by atoms with van der Waals surface area (Å²) in [6, 6.07) is 12.6. The zero-order valence-corrected chi connectivity index (χ0v) is 28.5. The van der Waals surface area contributed by atoms with E-state index in [0.29, 0.717) is 42.3 Å². The monoisotopic (exact) mass is 671 g/mol. The first-order chi connectivity index (χ1) is 23.3. The van der Waals surface area contributed by atoms with Crippen LogP contribution in [0.15, 0.2) is 66.4 Å².